The number of aliphatic imine (C=N–C) groups is 1. The van der Waals surface area contributed by atoms with Crippen molar-refractivity contribution in [2.75, 3.05) is 14.2 Å². The van der Waals surface area contributed by atoms with Crippen molar-refractivity contribution in [1.82, 2.24) is 10.6 Å². The van der Waals surface area contributed by atoms with Crippen molar-refractivity contribution in [3.05, 3.63) is 54.1 Å². The van der Waals surface area contributed by atoms with Crippen molar-refractivity contribution in [2.45, 2.75) is 32.9 Å². The Kier molecular flexibility index (Phi) is 6.28. The van der Waals surface area contributed by atoms with Crippen molar-refractivity contribution < 1.29 is 9.47 Å². The van der Waals surface area contributed by atoms with E-state index < -0.39 is 0 Å². The van der Waals surface area contributed by atoms with E-state index in [9.17, 15) is 0 Å². The molecule has 0 unspecified atom stereocenters. The highest BCUT2D eigenvalue weighted by Gasteiger charge is 2.11. The van der Waals surface area contributed by atoms with E-state index in [1.807, 2.05) is 48.5 Å². The first-order valence-corrected chi connectivity index (χ1v) is 8.30. The maximum atomic E-state index is 5.89. The summed E-state index contributed by atoms with van der Waals surface area (Å²) in [7, 11) is 3.40. The van der Waals surface area contributed by atoms with Crippen LogP contribution in [0.5, 0.6) is 17.2 Å². The zero-order chi connectivity index (χ0) is 18.3. The number of rotatable bonds is 5. The zero-order valence-corrected chi connectivity index (χ0v) is 15.6. The van der Waals surface area contributed by atoms with Gasteiger partial charge in [0.25, 0.3) is 0 Å². The van der Waals surface area contributed by atoms with Gasteiger partial charge in [-0.15, -0.1) is 0 Å². The number of nitrogens with one attached hydrogen (secondary N) is 2. The maximum Gasteiger partial charge on any atom is 0.191 e. The molecule has 0 heterocycles. The van der Waals surface area contributed by atoms with Gasteiger partial charge < -0.3 is 20.1 Å². The molecule has 5 heteroatoms. The Morgan fingerprint density at radius 2 is 1.64 bits per heavy atom. The Labute approximate surface area is 150 Å². The van der Waals surface area contributed by atoms with Gasteiger partial charge in [-0.05, 0) is 50.6 Å². The number of guanidine groups is 1. The molecule has 5 nitrogen and oxygen atoms in total. The van der Waals surface area contributed by atoms with E-state index >= 15 is 0 Å². The molecule has 0 amide bonds. The molecular weight excluding hydrogens is 314 g/mol. The Bertz CT molecular complexity index is 704. The zero-order valence-electron chi connectivity index (χ0n) is 15.6. The maximum absolute atomic E-state index is 5.89. The molecule has 0 aliphatic heterocycles. The molecule has 2 aromatic rings. The van der Waals surface area contributed by atoms with Gasteiger partial charge in [0.05, 0.1) is 7.11 Å². The number of hydrogen-bond acceptors (Lipinski definition) is 3. The lowest BCUT2D eigenvalue weighted by Crippen LogP contribution is -2.47. The highest BCUT2D eigenvalue weighted by Crippen LogP contribution is 2.30. The van der Waals surface area contributed by atoms with Gasteiger partial charge in [-0.1, -0.05) is 24.3 Å². The quantitative estimate of drug-likeness (QED) is 0.639. The van der Waals surface area contributed by atoms with Crippen LogP contribution in [0.15, 0.2) is 53.5 Å². The first-order chi connectivity index (χ1) is 11.9. The number of para-hydroxylation sites is 2. The third-order valence-electron chi connectivity index (χ3n) is 3.40. The molecular formula is C20H27N3O2. The van der Waals surface area contributed by atoms with E-state index in [0.717, 1.165) is 17.3 Å². The molecule has 0 spiro atoms. The minimum absolute atomic E-state index is 0.0335. The van der Waals surface area contributed by atoms with Crippen molar-refractivity contribution in [1.29, 1.82) is 0 Å². The van der Waals surface area contributed by atoms with Crippen LogP contribution in [0.1, 0.15) is 26.3 Å². The van der Waals surface area contributed by atoms with Crippen LogP contribution in [0, 0.1) is 0 Å². The third kappa shape index (κ3) is 6.03. The van der Waals surface area contributed by atoms with Gasteiger partial charge in [0.15, 0.2) is 17.5 Å². The summed E-state index contributed by atoms with van der Waals surface area (Å²) in [6, 6.07) is 15.6. The van der Waals surface area contributed by atoms with Crippen LogP contribution in [-0.4, -0.2) is 25.7 Å². The molecule has 0 saturated carbocycles. The van der Waals surface area contributed by atoms with Crippen molar-refractivity contribution in [3.8, 4) is 17.2 Å². The molecule has 0 aromatic heterocycles. The Balaban J connectivity index is 1.96. The normalized spacial score (nSPS) is 11.8. The lowest BCUT2D eigenvalue weighted by molar-refractivity contribution is 0.379. The molecule has 2 rings (SSSR count). The van der Waals surface area contributed by atoms with Gasteiger partial charge in [0.2, 0.25) is 0 Å². The summed E-state index contributed by atoms with van der Waals surface area (Å²) in [4.78, 5) is 4.24. The van der Waals surface area contributed by atoms with E-state index in [4.69, 9.17) is 9.47 Å². The molecule has 0 aliphatic carbocycles. The minimum Gasteiger partial charge on any atom is -0.493 e. The van der Waals surface area contributed by atoms with E-state index in [0.29, 0.717) is 18.0 Å². The molecule has 25 heavy (non-hydrogen) atoms. The van der Waals surface area contributed by atoms with Crippen molar-refractivity contribution in [3.63, 3.8) is 0 Å². The average Bonchev–Trinajstić information content (AvgIpc) is 2.59. The molecule has 0 bridgehead atoms. The monoisotopic (exact) mass is 341 g/mol. The van der Waals surface area contributed by atoms with E-state index in [1.165, 1.54) is 0 Å². The second kappa shape index (κ2) is 8.42. The van der Waals surface area contributed by atoms with Crippen LogP contribution in [0.2, 0.25) is 0 Å². The minimum atomic E-state index is -0.0335. The number of methoxy groups -OCH3 is 1. The van der Waals surface area contributed by atoms with Gasteiger partial charge in [-0.3, -0.25) is 4.99 Å². The Hall–Kier alpha value is -2.69. The lowest BCUT2D eigenvalue weighted by Gasteiger charge is -2.23. The fourth-order valence-corrected chi connectivity index (χ4v) is 2.23. The second-order valence-corrected chi connectivity index (χ2v) is 6.70. The summed E-state index contributed by atoms with van der Waals surface area (Å²) in [5.74, 6) is 2.96. The number of hydrogen-bond donors (Lipinski definition) is 2. The van der Waals surface area contributed by atoms with E-state index in [2.05, 4.69) is 36.4 Å². The summed E-state index contributed by atoms with van der Waals surface area (Å²) in [6.07, 6.45) is 0. The molecule has 2 N–H and O–H groups in total. The van der Waals surface area contributed by atoms with Gasteiger partial charge in [0, 0.05) is 19.1 Å². The average molecular weight is 341 g/mol. The second-order valence-electron chi connectivity index (χ2n) is 6.70. The largest absolute Gasteiger partial charge is 0.493 e. The molecule has 2 aromatic carbocycles. The first-order valence-electron chi connectivity index (χ1n) is 8.30. The van der Waals surface area contributed by atoms with E-state index in [-0.39, 0.29) is 5.54 Å². The van der Waals surface area contributed by atoms with Crippen LogP contribution in [0.3, 0.4) is 0 Å². The molecule has 0 saturated heterocycles. The summed E-state index contributed by atoms with van der Waals surface area (Å²) < 4.78 is 11.2. The van der Waals surface area contributed by atoms with E-state index in [1.54, 1.807) is 14.2 Å². The van der Waals surface area contributed by atoms with Gasteiger partial charge in [-0.2, -0.15) is 0 Å². The fourth-order valence-electron chi connectivity index (χ4n) is 2.23. The van der Waals surface area contributed by atoms with Gasteiger partial charge in [-0.25, -0.2) is 0 Å². The van der Waals surface area contributed by atoms with Crippen molar-refractivity contribution >= 4 is 5.96 Å². The molecule has 134 valence electrons. The third-order valence-corrected chi connectivity index (χ3v) is 3.40. The van der Waals surface area contributed by atoms with Crippen LogP contribution >= 0.6 is 0 Å². The summed E-state index contributed by atoms with van der Waals surface area (Å²) in [6.45, 7) is 6.99. The highest BCUT2D eigenvalue weighted by molar-refractivity contribution is 5.80. The van der Waals surface area contributed by atoms with Crippen LogP contribution in [0.25, 0.3) is 0 Å². The Morgan fingerprint density at radius 3 is 2.20 bits per heavy atom. The topological polar surface area (TPSA) is 54.9 Å². The Morgan fingerprint density at radius 1 is 1.00 bits per heavy atom. The SMILES string of the molecule is CN=C(NCc1ccc(Oc2ccccc2OC)cc1)NC(C)(C)C. The van der Waals surface area contributed by atoms with Gasteiger partial charge in [0.1, 0.15) is 5.75 Å². The van der Waals surface area contributed by atoms with Crippen LogP contribution < -0.4 is 20.1 Å². The lowest BCUT2D eigenvalue weighted by atomic mass is 10.1. The predicted molar refractivity (Wildman–Crippen MR) is 103 cm³/mol. The summed E-state index contributed by atoms with van der Waals surface area (Å²) in [5.41, 5.74) is 1.11. The van der Waals surface area contributed by atoms with Gasteiger partial charge >= 0.3 is 0 Å². The van der Waals surface area contributed by atoms with Crippen LogP contribution in [0.4, 0.5) is 0 Å². The van der Waals surface area contributed by atoms with Crippen LogP contribution in [-0.2, 0) is 6.54 Å². The standard InChI is InChI=1S/C20H27N3O2/c1-20(2,3)23-19(21-4)22-14-15-10-12-16(13-11-15)25-18-9-7-6-8-17(18)24-5/h6-13H,14H2,1-5H3,(H2,21,22,23). The number of benzene rings is 2. The van der Waals surface area contributed by atoms with Crippen molar-refractivity contribution in [2.24, 2.45) is 4.99 Å². The summed E-state index contributed by atoms with van der Waals surface area (Å²) in [5, 5.41) is 6.64. The predicted octanol–water partition coefficient (Wildman–Crippen LogP) is 3.95. The summed E-state index contributed by atoms with van der Waals surface area (Å²) >= 11 is 0. The fraction of sp³-hybridized carbons (Fsp3) is 0.350. The number of ether oxygens (including phenoxy) is 2. The first kappa shape index (κ1) is 18.6. The molecule has 0 atom stereocenters. The molecule has 0 aliphatic rings. The number of nitrogens with zero attached hydrogens (tertiary/aromatic N) is 1. The molecule has 0 fully saturated rings. The molecule has 0 radical (unpaired) electrons. The highest BCUT2D eigenvalue weighted by atomic mass is 16.5. The smallest absolute Gasteiger partial charge is 0.191 e.